The summed E-state index contributed by atoms with van der Waals surface area (Å²) in [5.41, 5.74) is 6.56. The third-order valence-corrected chi connectivity index (χ3v) is 4.86. The van der Waals surface area contributed by atoms with Crippen LogP contribution in [0.5, 0.6) is 0 Å². The third kappa shape index (κ3) is 3.82. The molecule has 6 nitrogen and oxygen atoms in total. The summed E-state index contributed by atoms with van der Waals surface area (Å²) in [5, 5.41) is 0. The Labute approximate surface area is 120 Å². The van der Waals surface area contributed by atoms with Crippen molar-refractivity contribution in [1.29, 1.82) is 0 Å². The van der Waals surface area contributed by atoms with Gasteiger partial charge in [0.2, 0.25) is 10.0 Å². The highest BCUT2D eigenvalue weighted by atomic mass is 32.2. The number of nitrogens with two attached hydrogens (primary N) is 1. The number of nitrogens with one attached hydrogen (secondary N) is 1. The second-order valence-electron chi connectivity index (χ2n) is 5.11. The number of methoxy groups -OCH3 is 1. The second kappa shape index (κ2) is 6.71. The van der Waals surface area contributed by atoms with Gasteiger partial charge in [0.15, 0.2) is 0 Å². The van der Waals surface area contributed by atoms with Crippen molar-refractivity contribution in [1.82, 2.24) is 9.29 Å². The number of hydrogen-bond donors (Lipinski definition) is 2. The molecule has 114 valence electrons. The molecule has 1 fully saturated rings. The molecule has 0 saturated heterocycles. The van der Waals surface area contributed by atoms with Crippen molar-refractivity contribution in [3.05, 3.63) is 18.0 Å². The van der Waals surface area contributed by atoms with Gasteiger partial charge in [0.05, 0.1) is 4.90 Å². The molecule has 1 aromatic heterocycles. The largest absolute Gasteiger partial charge is 0.385 e. The average Bonchev–Trinajstić information content (AvgIpc) is 3.17. The molecule has 1 aromatic rings. The van der Waals surface area contributed by atoms with Crippen LogP contribution in [0.3, 0.4) is 0 Å². The minimum Gasteiger partial charge on any atom is -0.385 e. The van der Waals surface area contributed by atoms with Gasteiger partial charge in [0.1, 0.15) is 0 Å². The number of ether oxygens (including phenoxy) is 1. The lowest BCUT2D eigenvalue weighted by Gasteiger charge is -2.05. The van der Waals surface area contributed by atoms with Gasteiger partial charge in [-0.3, -0.25) is 0 Å². The van der Waals surface area contributed by atoms with E-state index in [0.717, 1.165) is 31.4 Å². The Morgan fingerprint density at radius 1 is 1.45 bits per heavy atom. The van der Waals surface area contributed by atoms with Crippen molar-refractivity contribution in [3.63, 3.8) is 0 Å². The summed E-state index contributed by atoms with van der Waals surface area (Å²) >= 11 is 0. The molecular weight excluding hydrogens is 278 g/mol. The topological polar surface area (TPSA) is 86.3 Å². The van der Waals surface area contributed by atoms with Crippen LogP contribution in [-0.2, 0) is 21.3 Å². The number of sulfonamides is 1. The number of unbranched alkanes of at least 4 members (excludes halogenated alkanes) is 1. The summed E-state index contributed by atoms with van der Waals surface area (Å²) in [4.78, 5) is 0.316. The zero-order valence-corrected chi connectivity index (χ0v) is 12.7. The van der Waals surface area contributed by atoms with Crippen LogP contribution in [0.4, 0.5) is 0 Å². The molecule has 1 heterocycles. The molecule has 1 aliphatic rings. The first-order chi connectivity index (χ1) is 9.58. The lowest BCUT2D eigenvalue weighted by Crippen LogP contribution is -2.24. The van der Waals surface area contributed by atoms with E-state index in [1.54, 1.807) is 19.4 Å². The number of nitrogens with zero attached hydrogens (tertiary/aromatic N) is 1. The van der Waals surface area contributed by atoms with Gasteiger partial charge in [-0.15, -0.1) is 0 Å². The number of hydrogen-bond acceptors (Lipinski definition) is 4. The minimum absolute atomic E-state index is 0.316. The van der Waals surface area contributed by atoms with Gasteiger partial charge in [-0.1, -0.05) is 0 Å². The van der Waals surface area contributed by atoms with Gasteiger partial charge in [-0.2, -0.15) is 0 Å². The number of aromatic nitrogens is 1. The quantitative estimate of drug-likeness (QED) is 0.666. The van der Waals surface area contributed by atoms with Crippen LogP contribution in [0.1, 0.15) is 37.4 Å². The van der Waals surface area contributed by atoms with Crippen LogP contribution >= 0.6 is 0 Å². The zero-order chi connectivity index (χ0) is 14.6. The molecule has 0 atom stereocenters. The smallest absolute Gasteiger partial charge is 0.242 e. The predicted molar refractivity (Wildman–Crippen MR) is 76.9 cm³/mol. The highest BCUT2D eigenvalue weighted by Crippen LogP contribution is 2.37. The molecule has 1 saturated carbocycles. The molecule has 20 heavy (non-hydrogen) atoms. The van der Waals surface area contributed by atoms with Gasteiger partial charge in [0, 0.05) is 44.7 Å². The van der Waals surface area contributed by atoms with Crippen molar-refractivity contribution >= 4 is 10.0 Å². The first kappa shape index (κ1) is 15.5. The van der Waals surface area contributed by atoms with Crippen LogP contribution < -0.4 is 10.5 Å². The summed E-state index contributed by atoms with van der Waals surface area (Å²) in [6, 6.07) is 2.11. The van der Waals surface area contributed by atoms with E-state index in [4.69, 9.17) is 10.5 Å². The maximum atomic E-state index is 12.2. The highest BCUT2D eigenvalue weighted by molar-refractivity contribution is 7.89. The van der Waals surface area contributed by atoms with Crippen molar-refractivity contribution in [3.8, 4) is 0 Å². The molecular formula is C13H23N3O3S. The summed E-state index contributed by atoms with van der Waals surface area (Å²) < 4.78 is 33.9. The van der Waals surface area contributed by atoms with E-state index >= 15 is 0 Å². The van der Waals surface area contributed by atoms with E-state index < -0.39 is 10.0 Å². The van der Waals surface area contributed by atoms with Crippen LogP contribution in [0, 0.1) is 0 Å². The molecule has 0 unspecified atom stereocenters. The molecule has 0 bridgehead atoms. The standard InChI is InChI=1S/C13H23N3O3S/c1-19-7-3-2-6-15-20(17,18)13-8-12(9-14)16(10-13)11-4-5-11/h8,10-11,15H,2-7,9,14H2,1H3. The molecule has 3 N–H and O–H groups in total. The van der Waals surface area contributed by atoms with Crippen molar-refractivity contribution in [2.75, 3.05) is 20.3 Å². The Kier molecular flexibility index (Phi) is 5.20. The maximum Gasteiger partial charge on any atom is 0.242 e. The fourth-order valence-corrected chi connectivity index (χ4v) is 3.28. The maximum absolute atomic E-state index is 12.2. The van der Waals surface area contributed by atoms with Crippen molar-refractivity contribution in [2.24, 2.45) is 5.73 Å². The normalized spacial score (nSPS) is 15.7. The van der Waals surface area contributed by atoms with Crippen molar-refractivity contribution in [2.45, 2.75) is 43.2 Å². The Morgan fingerprint density at radius 2 is 2.20 bits per heavy atom. The lowest BCUT2D eigenvalue weighted by atomic mass is 10.3. The van der Waals surface area contributed by atoms with Crippen molar-refractivity contribution < 1.29 is 13.2 Å². The third-order valence-electron chi connectivity index (χ3n) is 3.43. The van der Waals surface area contributed by atoms with Crippen LogP contribution in [0.2, 0.25) is 0 Å². The molecule has 1 aliphatic carbocycles. The van der Waals surface area contributed by atoms with Gasteiger partial charge >= 0.3 is 0 Å². The molecule has 7 heteroatoms. The highest BCUT2D eigenvalue weighted by Gasteiger charge is 2.27. The Hall–Kier alpha value is -0.890. The fourth-order valence-electron chi connectivity index (χ4n) is 2.16. The molecule has 0 amide bonds. The molecule has 2 rings (SSSR count). The molecule has 0 spiro atoms. The van der Waals surface area contributed by atoms with Crippen LogP contribution in [0.15, 0.2) is 17.2 Å². The van der Waals surface area contributed by atoms with E-state index in [0.29, 0.717) is 30.6 Å². The van der Waals surface area contributed by atoms with Gasteiger partial charge < -0.3 is 15.0 Å². The first-order valence-electron chi connectivity index (χ1n) is 6.98. The van der Waals surface area contributed by atoms with E-state index in [2.05, 4.69) is 4.72 Å². The summed E-state index contributed by atoms with van der Waals surface area (Å²) in [6.45, 7) is 1.44. The predicted octanol–water partition coefficient (Wildman–Crippen LogP) is 0.987. The zero-order valence-electron chi connectivity index (χ0n) is 11.8. The Morgan fingerprint density at radius 3 is 2.80 bits per heavy atom. The number of rotatable bonds is 9. The SMILES string of the molecule is COCCCCNS(=O)(=O)c1cc(CN)n(C2CC2)c1. The Balaban J connectivity index is 1.98. The summed E-state index contributed by atoms with van der Waals surface area (Å²) in [7, 11) is -1.79. The summed E-state index contributed by atoms with van der Waals surface area (Å²) in [6.07, 6.45) is 5.52. The van der Waals surface area contributed by atoms with Gasteiger partial charge in [-0.25, -0.2) is 13.1 Å². The first-order valence-corrected chi connectivity index (χ1v) is 8.46. The average molecular weight is 301 g/mol. The van der Waals surface area contributed by atoms with Gasteiger partial charge in [-0.05, 0) is 31.7 Å². The monoisotopic (exact) mass is 301 g/mol. The van der Waals surface area contributed by atoms with Gasteiger partial charge in [0.25, 0.3) is 0 Å². The molecule has 0 aliphatic heterocycles. The summed E-state index contributed by atoms with van der Waals surface area (Å²) in [5.74, 6) is 0. The lowest BCUT2D eigenvalue weighted by molar-refractivity contribution is 0.193. The molecule has 0 aromatic carbocycles. The Bertz CT molecular complexity index is 535. The van der Waals surface area contributed by atoms with Crippen LogP contribution in [-0.4, -0.2) is 33.2 Å². The van der Waals surface area contributed by atoms with E-state index in [1.165, 1.54) is 0 Å². The molecule has 0 radical (unpaired) electrons. The van der Waals surface area contributed by atoms with E-state index in [-0.39, 0.29) is 0 Å². The second-order valence-corrected chi connectivity index (χ2v) is 6.87. The van der Waals surface area contributed by atoms with E-state index in [9.17, 15) is 8.42 Å². The fraction of sp³-hybridized carbons (Fsp3) is 0.692. The van der Waals surface area contributed by atoms with E-state index in [1.807, 2.05) is 4.57 Å². The minimum atomic E-state index is -3.43. The van der Waals surface area contributed by atoms with Crippen LogP contribution in [0.25, 0.3) is 0 Å².